The van der Waals surface area contributed by atoms with Gasteiger partial charge in [-0.25, -0.2) is 0 Å². The van der Waals surface area contributed by atoms with Gasteiger partial charge in [0.25, 0.3) is 0 Å². The van der Waals surface area contributed by atoms with Gasteiger partial charge < -0.3 is 10.4 Å². The Bertz CT molecular complexity index is 294. The molecule has 0 aromatic rings. The highest BCUT2D eigenvalue weighted by Crippen LogP contribution is 2.35. The third kappa shape index (κ3) is 3.23. The van der Waals surface area contributed by atoms with E-state index in [-0.39, 0.29) is 18.1 Å². The first kappa shape index (κ1) is 13.8. The van der Waals surface area contributed by atoms with Crippen molar-refractivity contribution in [1.82, 2.24) is 10.2 Å². The predicted molar refractivity (Wildman–Crippen MR) is 71.2 cm³/mol. The van der Waals surface area contributed by atoms with Crippen molar-refractivity contribution in [2.24, 2.45) is 5.92 Å². The third-order valence-electron chi connectivity index (χ3n) is 4.24. The molecule has 3 atom stereocenters. The number of aliphatic hydroxyl groups excluding tert-OH is 1. The molecule has 3 unspecified atom stereocenters. The van der Waals surface area contributed by atoms with E-state index in [4.69, 9.17) is 0 Å². The van der Waals surface area contributed by atoms with Crippen LogP contribution in [0.15, 0.2) is 0 Å². The van der Waals surface area contributed by atoms with Gasteiger partial charge >= 0.3 is 0 Å². The second kappa shape index (κ2) is 6.02. The summed E-state index contributed by atoms with van der Waals surface area (Å²) in [6.45, 7) is 5.46. The quantitative estimate of drug-likeness (QED) is 0.791. The molecule has 2 fully saturated rings. The van der Waals surface area contributed by atoms with Crippen LogP contribution in [0.25, 0.3) is 0 Å². The Morgan fingerprint density at radius 3 is 2.72 bits per heavy atom. The highest BCUT2D eigenvalue weighted by Gasteiger charge is 2.38. The monoisotopic (exact) mass is 254 g/mol. The highest BCUT2D eigenvalue weighted by molar-refractivity contribution is 5.78. The Kier molecular flexibility index (Phi) is 4.62. The number of aliphatic hydroxyl groups is 1. The van der Waals surface area contributed by atoms with Gasteiger partial charge in [-0.3, -0.25) is 9.69 Å². The number of likely N-dealkylation sites (tertiary alicyclic amines) is 1. The lowest BCUT2D eigenvalue weighted by Gasteiger charge is -2.30. The summed E-state index contributed by atoms with van der Waals surface area (Å²) in [4.78, 5) is 14.1. The van der Waals surface area contributed by atoms with Crippen molar-refractivity contribution in [3.05, 3.63) is 0 Å². The first-order valence-corrected chi connectivity index (χ1v) is 7.29. The normalized spacial score (nSPS) is 33.2. The molecule has 0 spiro atoms. The maximum atomic E-state index is 11.8. The van der Waals surface area contributed by atoms with Gasteiger partial charge in [-0.1, -0.05) is 6.42 Å². The summed E-state index contributed by atoms with van der Waals surface area (Å²) in [5.74, 6) is 0.503. The van der Waals surface area contributed by atoms with Crippen LogP contribution in [0.4, 0.5) is 0 Å². The molecular weight excluding hydrogens is 228 g/mol. The minimum absolute atomic E-state index is 0.115. The largest absolute Gasteiger partial charge is 0.393 e. The van der Waals surface area contributed by atoms with E-state index in [1.54, 1.807) is 0 Å². The summed E-state index contributed by atoms with van der Waals surface area (Å²) in [5.41, 5.74) is 0. The minimum Gasteiger partial charge on any atom is -0.393 e. The first-order chi connectivity index (χ1) is 8.58. The van der Waals surface area contributed by atoms with Crippen LogP contribution in [0, 0.1) is 5.92 Å². The molecule has 1 heterocycles. The Labute approximate surface area is 110 Å². The van der Waals surface area contributed by atoms with Gasteiger partial charge in [0.1, 0.15) is 0 Å². The van der Waals surface area contributed by atoms with E-state index < -0.39 is 0 Å². The lowest BCUT2D eigenvalue weighted by Crippen LogP contribution is -2.45. The Hall–Kier alpha value is -0.610. The molecule has 0 aromatic heterocycles. The number of hydrogen-bond acceptors (Lipinski definition) is 3. The first-order valence-electron chi connectivity index (χ1n) is 7.29. The van der Waals surface area contributed by atoms with Crippen molar-refractivity contribution in [2.45, 2.75) is 64.1 Å². The van der Waals surface area contributed by atoms with Crippen LogP contribution in [-0.4, -0.2) is 47.2 Å². The number of rotatable bonds is 4. The number of hydrogen-bond donors (Lipinski definition) is 2. The van der Waals surface area contributed by atoms with E-state index >= 15 is 0 Å². The number of carbonyl (C=O) groups excluding carboxylic acids is 1. The van der Waals surface area contributed by atoms with Crippen LogP contribution < -0.4 is 5.32 Å². The molecule has 1 aliphatic heterocycles. The Morgan fingerprint density at radius 2 is 2.11 bits per heavy atom. The molecule has 2 aliphatic rings. The lowest BCUT2D eigenvalue weighted by atomic mass is 9.94. The number of nitrogens with one attached hydrogen (secondary N) is 1. The van der Waals surface area contributed by atoms with Gasteiger partial charge in [-0.15, -0.1) is 0 Å². The number of amides is 1. The van der Waals surface area contributed by atoms with Crippen molar-refractivity contribution in [3.63, 3.8) is 0 Å². The van der Waals surface area contributed by atoms with E-state index in [0.29, 0.717) is 18.5 Å². The van der Waals surface area contributed by atoms with Crippen molar-refractivity contribution in [3.8, 4) is 0 Å². The minimum atomic E-state index is -0.149. The molecule has 104 valence electrons. The van der Waals surface area contributed by atoms with Gasteiger partial charge in [-0.2, -0.15) is 0 Å². The summed E-state index contributed by atoms with van der Waals surface area (Å²) < 4.78 is 0. The molecule has 1 amide bonds. The van der Waals surface area contributed by atoms with Gasteiger partial charge in [-0.05, 0) is 46.1 Å². The van der Waals surface area contributed by atoms with Gasteiger partial charge in [0, 0.05) is 18.0 Å². The predicted octanol–water partition coefficient (Wildman–Crippen LogP) is 1.14. The summed E-state index contributed by atoms with van der Waals surface area (Å²) in [6.07, 6.45) is 5.33. The van der Waals surface area contributed by atoms with E-state index in [1.807, 2.05) is 13.8 Å². The summed E-state index contributed by atoms with van der Waals surface area (Å²) in [5, 5.41) is 13.0. The van der Waals surface area contributed by atoms with Crippen LogP contribution >= 0.6 is 0 Å². The lowest BCUT2D eigenvalue weighted by molar-refractivity contribution is -0.123. The fraction of sp³-hybridized carbons (Fsp3) is 0.929. The molecule has 18 heavy (non-hydrogen) atoms. The number of nitrogens with zero attached hydrogens (tertiary/aromatic N) is 1. The van der Waals surface area contributed by atoms with Gasteiger partial charge in [0.15, 0.2) is 0 Å². The zero-order chi connectivity index (χ0) is 13.1. The van der Waals surface area contributed by atoms with Crippen LogP contribution in [0.2, 0.25) is 0 Å². The standard InChI is InChI=1S/C14H26N2O2/c1-10(2)15-14(18)9-16-8-4-6-12(16)11-5-3-7-13(11)17/h10-13,17H,3-9H2,1-2H3,(H,15,18). The van der Waals surface area contributed by atoms with Crippen LogP contribution in [0.3, 0.4) is 0 Å². The molecule has 1 saturated carbocycles. The molecule has 0 bridgehead atoms. The summed E-state index contributed by atoms with van der Waals surface area (Å²) in [6, 6.07) is 0.621. The topological polar surface area (TPSA) is 52.6 Å². The molecule has 2 rings (SSSR count). The van der Waals surface area contributed by atoms with Crippen LogP contribution in [0.5, 0.6) is 0 Å². The van der Waals surface area contributed by atoms with Gasteiger partial charge in [0.05, 0.1) is 12.6 Å². The third-order valence-corrected chi connectivity index (χ3v) is 4.24. The van der Waals surface area contributed by atoms with E-state index in [0.717, 1.165) is 38.6 Å². The zero-order valence-corrected chi connectivity index (χ0v) is 11.6. The SMILES string of the molecule is CC(C)NC(=O)CN1CCCC1C1CCCC1O. The molecular formula is C14H26N2O2. The molecule has 4 nitrogen and oxygen atoms in total. The molecule has 4 heteroatoms. The van der Waals surface area contributed by atoms with E-state index in [1.165, 1.54) is 0 Å². The Balaban J connectivity index is 1.89. The van der Waals surface area contributed by atoms with Crippen molar-refractivity contribution in [1.29, 1.82) is 0 Å². The molecule has 0 radical (unpaired) electrons. The molecule has 1 aliphatic carbocycles. The van der Waals surface area contributed by atoms with Crippen molar-refractivity contribution < 1.29 is 9.90 Å². The Morgan fingerprint density at radius 1 is 1.33 bits per heavy atom. The second-order valence-corrected chi connectivity index (χ2v) is 6.06. The average Bonchev–Trinajstić information content (AvgIpc) is 2.85. The summed E-state index contributed by atoms with van der Waals surface area (Å²) >= 11 is 0. The fourth-order valence-corrected chi connectivity index (χ4v) is 3.50. The maximum Gasteiger partial charge on any atom is 0.234 e. The van der Waals surface area contributed by atoms with Gasteiger partial charge in [0.2, 0.25) is 5.91 Å². The fourth-order valence-electron chi connectivity index (χ4n) is 3.50. The van der Waals surface area contributed by atoms with Crippen LogP contribution in [-0.2, 0) is 4.79 Å². The molecule has 1 saturated heterocycles. The smallest absolute Gasteiger partial charge is 0.234 e. The highest BCUT2D eigenvalue weighted by atomic mass is 16.3. The molecule has 2 N–H and O–H groups in total. The average molecular weight is 254 g/mol. The number of carbonyl (C=O) groups is 1. The zero-order valence-electron chi connectivity index (χ0n) is 11.6. The van der Waals surface area contributed by atoms with E-state index in [2.05, 4.69) is 10.2 Å². The maximum absolute atomic E-state index is 11.8. The van der Waals surface area contributed by atoms with Crippen molar-refractivity contribution >= 4 is 5.91 Å². The molecule has 0 aromatic carbocycles. The second-order valence-electron chi connectivity index (χ2n) is 6.06. The van der Waals surface area contributed by atoms with Crippen molar-refractivity contribution in [2.75, 3.05) is 13.1 Å². The van der Waals surface area contributed by atoms with E-state index in [9.17, 15) is 9.90 Å². The summed E-state index contributed by atoms with van der Waals surface area (Å²) in [7, 11) is 0. The van der Waals surface area contributed by atoms with Crippen LogP contribution in [0.1, 0.15) is 46.0 Å².